The third-order valence-corrected chi connectivity index (χ3v) is 20.3. The maximum atomic E-state index is 14.6. The number of nitrogens with one attached hydrogen (secondary N) is 6. The minimum atomic E-state index is -5.08. The molecular formula is C69H104F3N7O17S. The highest BCUT2D eigenvalue weighted by atomic mass is 32.1. The van der Waals surface area contributed by atoms with Gasteiger partial charge in [-0.3, -0.25) is 52.7 Å². The smallest absolute Gasteiger partial charge is 0.475 e. The van der Waals surface area contributed by atoms with Crippen LogP contribution in [0.5, 0.6) is 0 Å². The van der Waals surface area contributed by atoms with Gasteiger partial charge < -0.3 is 57.7 Å². The predicted molar refractivity (Wildman–Crippen MR) is 355 cm³/mol. The van der Waals surface area contributed by atoms with E-state index in [0.717, 1.165) is 28.5 Å². The first-order chi connectivity index (χ1) is 45.6. The second-order valence-electron chi connectivity index (χ2n) is 26.5. The number of benzene rings is 1. The van der Waals surface area contributed by atoms with Crippen LogP contribution in [-0.4, -0.2) is 153 Å². The Bertz CT molecular complexity index is 3040. The lowest BCUT2D eigenvalue weighted by molar-refractivity contribution is -0.192. The zero-order valence-electron chi connectivity index (χ0n) is 57.9. The van der Waals surface area contributed by atoms with Crippen molar-refractivity contribution in [2.45, 2.75) is 240 Å². The Labute approximate surface area is 570 Å². The first kappa shape index (κ1) is 84.0. The number of rotatable bonds is 33. The maximum absolute atomic E-state index is 14.6. The molecule has 11 N–H and O–H groups in total. The van der Waals surface area contributed by atoms with Gasteiger partial charge in [0.2, 0.25) is 41.4 Å². The van der Waals surface area contributed by atoms with Crippen molar-refractivity contribution < 1.29 is 95.6 Å². The van der Waals surface area contributed by atoms with Gasteiger partial charge in [0.25, 0.3) is 0 Å². The zero-order valence-corrected chi connectivity index (χ0v) is 58.7. The fourth-order valence-electron chi connectivity index (χ4n) is 11.9. The molecule has 2 heterocycles. The fraction of sp³-hybridized carbons (Fsp3) is 0.696. The summed E-state index contributed by atoms with van der Waals surface area (Å²) in [7, 11) is 0. The van der Waals surface area contributed by atoms with Gasteiger partial charge in [0.05, 0.1) is 43.2 Å². The van der Waals surface area contributed by atoms with E-state index in [1.54, 1.807) is 52.9 Å². The van der Waals surface area contributed by atoms with Crippen LogP contribution in [0.4, 0.5) is 13.2 Å². The Morgan fingerprint density at radius 2 is 1.23 bits per heavy atom. The molecule has 1 aliphatic carbocycles. The van der Waals surface area contributed by atoms with Gasteiger partial charge in [-0.15, -0.1) is 11.3 Å². The van der Waals surface area contributed by atoms with Gasteiger partial charge in [-0.25, -0.2) is 9.59 Å². The molecule has 97 heavy (non-hydrogen) atoms. The topological polar surface area (TPSA) is 390 Å². The molecular weight excluding hydrogens is 1290 g/mol. The number of cyclic esters (lactones) is 1. The lowest BCUT2D eigenvalue weighted by atomic mass is 9.83. The van der Waals surface area contributed by atoms with Crippen LogP contribution in [0.2, 0.25) is 0 Å². The van der Waals surface area contributed by atoms with Crippen molar-refractivity contribution in [3.05, 3.63) is 35.2 Å². The van der Waals surface area contributed by atoms with E-state index in [0.29, 0.717) is 64.2 Å². The Kier molecular flexibility index (Phi) is 34.7. The number of carbonyl (C=O) groups excluding carboxylic acids is 12. The number of carbonyl (C=O) groups is 13. The molecule has 1 aromatic carbocycles. The van der Waals surface area contributed by atoms with Crippen LogP contribution in [0.15, 0.2) is 29.6 Å². The second-order valence-corrected chi connectivity index (χ2v) is 27.4. The van der Waals surface area contributed by atoms with Crippen LogP contribution >= 0.6 is 11.3 Å². The standard InChI is InChI=1S/C67H103N7O15S.C2HF3O2/c1-12-37(6)48(33-50(77)49(25-26-55(68)81)69-62(84)44(34-75)31-52(79)56(38(7)13-2)70-61(83)43(16-5)30-46-36-90-54-24-20-19-23-47(46)54)64(86)71-57(39(8)14-3)53(80)32-45(35-76)63(85)72-59-42(11)89-65(87)58(40(9)15-4)73-66(88)67(27-21-17-18-22-28-67)74-60(82)41(10)29-51(59)78;3-2(4,5)1(6)7/h19-20,23-24,36-45,48-49,56-59,75-76H,12-18,21-22,25-35H2,1-11H3,(H2,68,81)(H,69,84)(H,70,83)(H,71,86)(H,72,85)(H,73,88)(H,74,82);(H,6,7)/t37-,38-,39-,40-,41+,42-,43+,44-,45-,48+,49+,56-,57-,58-,59+;/m0./s1. The molecule has 2 fully saturated rings. The summed E-state index contributed by atoms with van der Waals surface area (Å²) in [5.74, 6) is -18.3. The van der Waals surface area contributed by atoms with Crippen molar-refractivity contribution in [2.24, 2.45) is 59.0 Å². The maximum Gasteiger partial charge on any atom is 0.490 e. The van der Waals surface area contributed by atoms with Gasteiger partial charge in [-0.1, -0.05) is 139 Å². The van der Waals surface area contributed by atoms with Gasteiger partial charge in [-0.05, 0) is 85.1 Å². The van der Waals surface area contributed by atoms with E-state index >= 15 is 0 Å². The van der Waals surface area contributed by atoms with Gasteiger partial charge in [0.15, 0.2) is 23.1 Å². The first-order valence-electron chi connectivity index (χ1n) is 34.0. The molecule has 1 aromatic heterocycles. The Balaban J connectivity index is 0.00000330. The molecule has 1 saturated carbocycles. The minimum Gasteiger partial charge on any atom is -0.475 e. The van der Waals surface area contributed by atoms with Gasteiger partial charge in [0, 0.05) is 54.6 Å². The predicted octanol–water partition coefficient (Wildman–Crippen LogP) is 6.44. The molecule has 0 radical (unpaired) electrons. The molecule has 28 heteroatoms. The lowest BCUT2D eigenvalue weighted by Gasteiger charge is -2.35. The summed E-state index contributed by atoms with van der Waals surface area (Å²) in [5, 5.41) is 48.2. The van der Waals surface area contributed by atoms with E-state index < -0.39 is 205 Å². The van der Waals surface area contributed by atoms with Crippen molar-refractivity contribution in [3.63, 3.8) is 0 Å². The molecule has 1 spiro atoms. The van der Waals surface area contributed by atoms with E-state index in [9.17, 15) is 80.9 Å². The van der Waals surface area contributed by atoms with E-state index in [-0.39, 0.29) is 24.7 Å². The number of esters is 1. The number of aliphatic hydroxyl groups excluding tert-OH is 2. The largest absolute Gasteiger partial charge is 0.490 e. The van der Waals surface area contributed by atoms with Crippen LogP contribution in [0.3, 0.4) is 0 Å². The summed E-state index contributed by atoms with van der Waals surface area (Å²) < 4.78 is 38.7. The molecule has 4 rings (SSSR count). The minimum absolute atomic E-state index is 0.289. The number of hydrogen-bond donors (Lipinski definition) is 10. The van der Waals surface area contributed by atoms with Crippen LogP contribution in [0, 0.1) is 53.3 Å². The second kappa shape index (κ2) is 40.0. The van der Waals surface area contributed by atoms with Crippen LogP contribution in [-0.2, 0) is 73.5 Å². The number of halogens is 3. The Morgan fingerprint density at radius 3 is 1.73 bits per heavy atom. The summed E-state index contributed by atoms with van der Waals surface area (Å²) in [6.45, 7) is 17.3. The van der Waals surface area contributed by atoms with Gasteiger partial charge >= 0.3 is 18.1 Å². The average Bonchev–Trinajstić information content (AvgIpc) is 1.80. The number of primary amides is 1. The monoisotopic (exact) mass is 1390 g/mol. The SMILES string of the molecule is CC[C@H](Cc1csc2ccccc12)C(=O)N[C@H](C(=O)C[C@@H](CO)C(=O)N[C@H](CCC(N)=O)C(=O)C[C@@H](C(=O)N[C@H](C(=O)C[C@@H](CO)C(=O)N[C@H]1C(=O)C[C@@H](C)C(=O)NC2(CCCCCC2)C(=O)N[C@@H]([C@@H](C)CC)C(=O)O[C@H]1C)[C@@H](C)CC)[C@@H](C)CC)[C@@H](C)CC.O=C(O)C(F)(F)F. The number of aliphatic carboxylic acids is 1. The molecule has 1 saturated heterocycles. The van der Waals surface area contributed by atoms with E-state index in [2.05, 4.69) is 31.9 Å². The van der Waals surface area contributed by atoms with Gasteiger partial charge in [0.1, 0.15) is 23.7 Å². The van der Waals surface area contributed by atoms with E-state index in [1.165, 1.54) is 13.8 Å². The first-order valence-corrected chi connectivity index (χ1v) is 34.9. The Morgan fingerprint density at radius 1 is 0.701 bits per heavy atom. The number of hydrogen-bond acceptors (Lipinski definition) is 17. The number of thiophene rings is 1. The number of nitrogens with two attached hydrogens (primary N) is 1. The highest BCUT2D eigenvalue weighted by Gasteiger charge is 2.46. The van der Waals surface area contributed by atoms with Crippen molar-refractivity contribution >= 4 is 97.8 Å². The van der Waals surface area contributed by atoms with Crippen molar-refractivity contribution in [3.8, 4) is 0 Å². The fourth-order valence-corrected chi connectivity index (χ4v) is 12.9. The molecule has 2 aliphatic rings. The normalized spacial score (nSPS) is 21.2. The van der Waals surface area contributed by atoms with E-state index in [4.69, 9.17) is 20.4 Å². The molecule has 2 aromatic rings. The third-order valence-electron chi connectivity index (χ3n) is 19.3. The highest BCUT2D eigenvalue weighted by molar-refractivity contribution is 7.17. The van der Waals surface area contributed by atoms with Crippen LogP contribution < -0.4 is 37.6 Å². The zero-order chi connectivity index (χ0) is 73.2. The van der Waals surface area contributed by atoms with Crippen LogP contribution in [0.25, 0.3) is 10.1 Å². The molecule has 544 valence electrons. The lowest BCUT2D eigenvalue weighted by Crippen LogP contribution is -2.62. The van der Waals surface area contributed by atoms with E-state index in [1.807, 2.05) is 50.4 Å². The molecule has 0 unspecified atom stereocenters. The van der Waals surface area contributed by atoms with Crippen molar-refractivity contribution in [2.75, 3.05) is 13.2 Å². The number of ketones is 4. The van der Waals surface area contributed by atoms with Gasteiger partial charge in [-0.2, -0.15) is 13.2 Å². The Hall–Kier alpha value is -7.20. The summed E-state index contributed by atoms with van der Waals surface area (Å²) in [5.41, 5.74) is 5.20. The molecule has 0 bridgehead atoms. The number of ether oxygens (including phenoxy) is 1. The molecule has 24 nitrogen and oxygen atoms in total. The average molecular weight is 1390 g/mol. The van der Waals surface area contributed by atoms with Crippen LogP contribution in [0.1, 0.15) is 191 Å². The van der Waals surface area contributed by atoms with Crippen molar-refractivity contribution in [1.29, 1.82) is 0 Å². The number of aliphatic hydroxyl groups is 2. The molecule has 15 atom stereocenters. The molecule has 1 aliphatic heterocycles. The summed E-state index contributed by atoms with van der Waals surface area (Å²) in [6, 6.07) is 1.45. The quantitative estimate of drug-likeness (QED) is 0.0344. The summed E-state index contributed by atoms with van der Waals surface area (Å²) in [4.78, 5) is 177. The third kappa shape index (κ3) is 24.9. The number of fused-ring (bicyclic) bond motifs is 1. The summed E-state index contributed by atoms with van der Waals surface area (Å²) in [6.07, 6.45) is -2.94. The number of amides is 7. The number of Topliss-reactive ketones (excluding diaryl/α,β-unsaturated/α-hetero) is 4. The summed E-state index contributed by atoms with van der Waals surface area (Å²) >= 11 is 1.58. The number of carboxylic acids is 1. The van der Waals surface area contributed by atoms with Crippen molar-refractivity contribution in [1.82, 2.24) is 31.9 Å². The highest BCUT2D eigenvalue weighted by Crippen LogP contribution is 2.32. The number of carboxylic acid groups (broad SMARTS) is 1. The molecule has 7 amide bonds. The number of alkyl halides is 3.